The van der Waals surface area contributed by atoms with Gasteiger partial charge in [0.05, 0.1) is 5.69 Å². The SMILES string of the molecule is CC(c1cc(F)cc(F)c1)N1CCc2ccc(N(c3nc(C(=O)O)no3)S(=O)O)cc2C1. The van der Waals surface area contributed by atoms with E-state index in [0.29, 0.717) is 25.1 Å². The summed E-state index contributed by atoms with van der Waals surface area (Å²) in [5, 5.41) is 12.2. The summed E-state index contributed by atoms with van der Waals surface area (Å²) in [7, 11) is 0. The Labute approximate surface area is 183 Å². The number of hydrogen-bond acceptors (Lipinski definition) is 6. The van der Waals surface area contributed by atoms with Crippen LogP contribution in [0.25, 0.3) is 0 Å². The zero-order valence-electron chi connectivity index (χ0n) is 16.7. The fraction of sp³-hybridized carbons (Fsp3) is 0.250. The number of halogens is 2. The molecule has 2 N–H and O–H groups in total. The van der Waals surface area contributed by atoms with Crippen molar-refractivity contribution in [3.63, 3.8) is 0 Å². The molecule has 0 spiro atoms. The number of aromatic nitrogens is 2. The highest BCUT2D eigenvalue weighted by molar-refractivity contribution is 7.81. The molecular formula is C20H18F2N4O5S. The Balaban J connectivity index is 1.62. The van der Waals surface area contributed by atoms with Gasteiger partial charge in [0.2, 0.25) is 0 Å². The Hall–Kier alpha value is -3.22. The Morgan fingerprint density at radius 3 is 2.56 bits per heavy atom. The van der Waals surface area contributed by atoms with Crippen molar-refractivity contribution >= 4 is 28.9 Å². The van der Waals surface area contributed by atoms with Gasteiger partial charge in [-0.1, -0.05) is 6.07 Å². The van der Waals surface area contributed by atoms with Gasteiger partial charge in [0, 0.05) is 25.2 Å². The van der Waals surface area contributed by atoms with Gasteiger partial charge in [-0.2, -0.15) is 9.29 Å². The smallest absolute Gasteiger partial charge is 0.377 e. The molecule has 1 aromatic heterocycles. The van der Waals surface area contributed by atoms with Crippen LogP contribution in [0.15, 0.2) is 40.9 Å². The van der Waals surface area contributed by atoms with Crippen LogP contribution in [0, 0.1) is 11.6 Å². The second kappa shape index (κ2) is 8.73. The Morgan fingerprint density at radius 2 is 1.94 bits per heavy atom. The van der Waals surface area contributed by atoms with Gasteiger partial charge in [0.15, 0.2) is 0 Å². The molecule has 2 aromatic carbocycles. The third kappa shape index (κ3) is 4.38. The number of carboxylic acid groups (broad SMARTS) is 1. The van der Waals surface area contributed by atoms with Gasteiger partial charge < -0.3 is 9.63 Å². The molecule has 4 rings (SSSR count). The molecule has 0 fully saturated rings. The molecular weight excluding hydrogens is 446 g/mol. The summed E-state index contributed by atoms with van der Waals surface area (Å²) in [5.74, 6) is -3.37. The molecule has 32 heavy (non-hydrogen) atoms. The van der Waals surface area contributed by atoms with E-state index in [2.05, 4.69) is 10.1 Å². The number of carbonyl (C=O) groups is 1. The van der Waals surface area contributed by atoms with Gasteiger partial charge in [0.25, 0.3) is 17.1 Å². The number of fused-ring (bicyclic) bond motifs is 1. The number of benzene rings is 2. The summed E-state index contributed by atoms with van der Waals surface area (Å²) in [6.45, 7) is 2.94. The molecule has 0 amide bonds. The first-order valence-corrected chi connectivity index (χ1v) is 10.6. The van der Waals surface area contributed by atoms with E-state index in [-0.39, 0.29) is 11.7 Å². The number of aromatic carboxylic acids is 1. The van der Waals surface area contributed by atoms with Crippen LogP contribution < -0.4 is 4.31 Å². The van der Waals surface area contributed by atoms with Crippen LogP contribution in [-0.2, 0) is 24.2 Å². The summed E-state index contributed by atoms with van der Waals surface area (Å²) < 4.78 is 54.7. The lowest BCUT2D eigenvalue weighted by atomic mass is 9.96. The summed E-state index contributed by atoms with van der Waals surface area (Å²) in [4.78, 5) is 16.7. The predicted octanol–water partition coefficient (Wildman–Crippen LogP) is 3.44. The minimum Gasteiger partial charge on any atom is -0.475 e. The van der Waals surface area contributed by atoms with Crippen LogP contribution in [0.3, 0.4) is 0 Å². The average Bonchev–Trinajstić information content (AvgIpc) is 3.22. The van der Waals surface area contributed by atoms with Crippen molar-refractivity contribution in [2.75, 3.05) is 10.8 Å². The lowest BCUT2D eigenvalue weighted by Crippen LogP contribution is -2.33. The summed E-state index contributed by atoms with van der Waals surface area (Å²) in [6, 6.07) is 7.76. The van der Waals surface area contributed by atoms with Gasteiger partial charge >= 0.3 is 12.0 Å². The summed E-state index contributed by atoms with van der Waals surface area (Å²) in [6.07, 6.45) is 0.670. The lowest BCUT2D eigenvalue weighted by molar-refractivity contribution is 0.0680. The van der Waals surface area contributed by atoms with E-state index in [0.717, 1.165) is 21.5 Å². The van der Waals surface area contributed by atoms with E-state index in [1.165, 1.54) is 12.1 Å². The molecule has 2 unspecified atom stereocenters. The molecule has 1 aliphatic rings. The largest absolute Gasteiger partial charge is 0.475 e. The highest BCUT2D eigenvalue weighted by Gasteiger charge is 2.27. The molecule has 12 heteroatoms. The first-order valence-electron chi connectivity index (χ1n) is 9.53. The lowest BCUT2D eigenvalue weighted by Gasteiger charge is -2.34. The molecule has 0 radical (unpaired) electrons. The zero-order valence-corrected chi connectivity index (χ0v) is 17.6. The topological polar surface area (TPSA) is 120 Å². The van der Waals surface area contributed by atoms with Crippen LogP contribution >= 0.6 is 0 Å². The van der Waals surface area contributed by atoms with E-state index in [1.54, 1.807) is 18.2 Å². The van der Waals surface area contributed by atoms with Crippen molar-refractivity contribution in [2.45, 2.75) is 25.9 Å². The maximum absolute atomic E-state index is 13.7. The van der Waals surface area contributed by atoms with E-state index in [1.807, 2.05) is 11.8 Å². The van der Waals surface area contributed by atoms with Gasteiger partial charge in [-0.3, -0.25) is 9.45 Å². The molecule has 3 aromatic rings. The van der Waals surface area contributed by atoms with E-state index in [9.17, 15) is 22.3 Å². The van der Waals surface area contributed by atoms with Crippen LogP contribution in [0.5, 0.6) is 0 Å². The number of hydrogen-bond donors (Lipinski definition) is 2. The molecule has 168 valence electrons. The van der Waals surface area contributed by atoms with Crippen molar-refractivity contribution < 1.29 is 32.0 Å². The molecule has 1 aliphatic heterocycles. The monoisotopic (exact) mass is 464 g/mol. The summed E-state index contributed by atoms with van der Waals surface area (Å²) >= 11 is -2.61. The van der Waals surface area contributed by atoms with E-state index in [4.69, 9.17) is 9.63 Å². The second-order valence-electron chi connectivity index (χ2n) is 7.28. The highest BCUT2D eigenvalue weighted by Crippen LogP contribution is 2.33. The van der Waals surface area contributed by atoms with Crippen molar-refractivity contribution in [3.05, 3.63) is 70.5 Å². The maximum atomic E-state index is 13.7. The van der Waals surface area contributed by atoms with Crippen molar-refractivity contribution in [1.29, 1.82) is 0 Å². The number of carboxylic acids is 1. The quantitative estimate of drug-likeness (QED) is 0.533. The molecule has 2 heterocycles. The number of anilines is 2. The molecule has 0 aliphatic carbocycles. The van der Waals surface area contributed by atoms with Crippen molar-refractivity contribution in [3.8, 4) is 0 Å². The maximum Gasteiger partial charge on any atom is 0.377 e. The second-order valence-corrected chi connectivity index (χ2v) is 8.11. The van der Waals surface area contributed by atoms with Crippen LogP contribution in [0.2, 0.25) is 0 Å². The minimum atomic E-state index is -2.61. The number of rotatable bonds is 6. The average molecular weight is 464 g/mol. The molecule has 2 atom stereocenters. The molecule has 0 saturated carbocycles. The van der Waals surface area contributed by atoms with Gasteiger partial charge in [-0.05, 0) is 59.5 Å². The van der Waals surface area contributed by atoms with Crippen molar-refractivity contribution in [1.82, 2.24) is 15.0 Å². The van der Waals surface area contributed by atoms with E-state index >= 15 is 0 Å². The summed E-state index contributed by atoms with van der Waals surface area (Å²) in [5.41, 5.74) is 2.61. The first kappa shape index (κ1) is 22.0. The Bertz CT molecular complexity index is 1180. The first-order chi connectivity index (χ1) is 15.2. The normalized spacial score (nSPS) is 15.8. The third-order valence-electron chi connectivity index (χ3n) is 5.32. The van der Waals surface area contributed by atoms with Crippen molar-refractivity contribution in [2.24, 2.45) is 0 Å². The fourth-order valence-corrected chi connectivity index (χ4v) is 4.20. The van der Waals surface area contributed by atoms with Crippen LogP contribution in [-0.4, -0.2) is 41.4 Å². The third-order valence-corrected chi connectivity index (χ3v) is 6.00. The zero-order chi connectivity index (χ0) is 23.0. The molecule has 0 bridgehead atoms. The van der Waals surface area contributed by atoms with E-state index < -0.39 is 40.7 Å². The van der Waals surface area contributed by atoms with Gasteiger partial charge in [-0.15, -0.1) is 0 Å². The molecule has 9 nitrogen and oxygen atoms in total. The van der Waals surface area contributed by atoms with Crippen LogP contribution in [0.1, 0.15) is 40.3 Å². The highest BCUT2D eigenvalue weighted by atomic mass is 32.2. The standard InChI is InChI=1S/C20H18F2N4O5S/c1-11(13-6-15(21)9-16(22)7-13)25-5-4-12-2-3-17(8-14(12)10-25)26(32(29)30)20-23-18(19(27)28)24-31-20/h2-3,6-9,11H,4-5,10H2,1H3,(H,27,28)(H,29,30). The van der Waals surface area contributed by atoms with Gasteiger partial charge in [0.1, 0.15) is 11.6 Å². The number of nitrogens with zero attached hydrogens (tertiary/aromatic N) is 4. The van der Waals surface area contributed by atoms with Crippen LogP contribution in [0.4, 0.5) is 20.5 Å². The fourth-order valence-electron chi connectivity index (χ4n) is 3.70. The Morgan fingerprint density at radius 1 is 1.22 bits per heavy atom. The predicted molar refractivity (Wildman–Crippen MR) is 109 cm³/mol. The molecule has 0 saturated heterocycles. The Kier molecular flexibility index (Phi) is 6.00. The van der Waals surface area contributed by atoms with Gasteiger partial charge in [-0.25, -0.2) is 17.8 Å². The minimum absolute atomic E-state index is 0.247.